The highest BCUT2D eigenvalue weighted by molar-refractivity contribution is 7.81. The number of hydrogen-bond donors (Lipinski definition) is 1. The lowest BCUT2D eigenvalue weighted by atomic mass is 10.2. The van der Waals surface area contributed by atoms with Gasteiger partial charge in [-0.15, -0.1) is 0 Å². The van der Waals surface area contributed by atoms with Crippen LogP contribution in [0.5, 0.6) is 5.75 Å². The van der Waals surface area contributed by atoms with E-state index >= 15 is 0 Å². The van der Waals surface area contributed by atoms with Crippen molar-refractivity contribution in [2.45, 2.75) is 18.2 Å². The summed E-state index contributed by atoms with van der Waals surface area (Å²) >= 11 is 4.33. The average Bonchev–Trinajstić information content (AvgIpc) is 2.59. The normalized spacial score (nSPS) is 20.2. The fourth-order valence-electron chi connectivity index (χ4n) is 1.86. The Labute approximate surface area is 101 Å². The van der Waals surface area contributed by atoms with Gasteiger partial charge < -0.3 is 9.64 Å². The molecule has 1 aromatic rings. The molecule has 1 atom stereocenters. The van der Waals surface area contributed by atoms with Gasteiger partial charge in [0.15, 0.2) is 0 Å². The zero-order chi connectivity index (χ0) is 11.5. The first kappa shape index (κ1) is 11.3. The van der Waals surface area contributed by atoms with Gasteiger partial charge in [0.2, 0.25) is 5.91 Å². The minimum absolute atomic E-state index is 0.186. The maximum Gasteiger partial charge on any atom is 0.224 e. The number of ether oxygens (including phenoxy) is 1. The molecule has 1 saturated heterocycles. The number of hydrogen-bond acceptors (Lipinski definition) is 3. The van der Waals surface area contributed by atoms with Crippen molar-refractivity contribution in [2.24, 2.45) is 0 Å². The molecule has 0 N–H and O–H groups in total. The summed E-state index contributed by atoms with van der Waals surface area (Å²) in [6.45, 7) is 1.41. The van der Waals surface area contributed by atoms with E-state index in [1.54, 1.807) is 7.11 Å². The molecule has 0 aromatic heterocycles. The van der Waals surface area contributed by atoms with Gasteiger partial charge in [0.25, 0.3) is 0 Å². The van der Waals surface area contributed by atoms with E-state index in [1.165, 1.54) is 0 Å². The Morgan fingerprint density at radius 2 is 2.12 bits per heavy atom. The predicted octanol–water partition coefficient (Wildman–Crippen LogP) is 1.73. The van der Waals surface area contributed by atoms with Crippen molar-refractivity contribution < 1.29 is 9.53 Å². The number of carbonyl (C=O) groups excluding carboxylic acids is 1. The highest BCUT2D eigenvalue weighted by Crippen LogP contribution is 2.19. The standard InChI is InChI=1S/C12H15NO2S/c1-15-10-4-2-9(3-5-10)7-13-8-11(16)6-12(13)14/h2-5,11,16H,6-8H2,1H3. The van der Waals surface area contributed by atoms with Gasteiger partial charge in [0, 0.05) is 24.8 Å². The van der Waals surface area contributed by atoms with E-state index < -0.39 is 0 Å². The van der Waals surface area contributed by atoms with Crippen LogP contribution in [-0.2, 0) is 11.3 Å². The Morgan fingerprint density at radius 1 is 1.44 bits per heavy atom. The molecule has 2 rings (SSSR count). The van der Waals surface area contributed by atoms with Crippen LogP contribution in [0.2, 0.25) is 0 Å². The fourth-order valence-corrected chi connectivity index (χ4v) is 2.21. The minimum Gasteiger partial charge on any atom is -0.497 e. The summed E-state index contributed by atoms with van der Waals surface area (Å²) in [7, 11) is 1.64. The van der Waals surface area contributed by atoms with E-state index in [9.17, 15) is 4.79 Å². The molecule has 1 unspecified atom stereocenters. The quantitative estimate of drug-likeness (QED) is 0.811. The Morgan fingerprint density at radius 3 is 2.62 bits per heavy atom. The van der Waals surface area contributed by atoms with E-state index in [2.05, 4.69) is 12.6 Å². The largest absolute Gasteiger partial charge is 0.497 e. The molecule has 1 heterocycles. The molecule has 0 radical (unpaired) electrons. The first-order chi connectivity index (χ1) is 7.69. The van der Waals surface area contributed by atoms with Crippen LogP contribution in [0.15, 0.2) is 24.3 Å². The molecule has 3 nitrogen and oxygen atoms in total. The van der Waals surface area contributed by atoms with E-state index in [0.717, 1.165) is 17.9 Å². The first-order valence-electron chi connectivity index (χ1n) is 5.28. The van der Waals surface area contributed by atoms with Crippen LogP contribution in [0.1, 0.15) is 12.0 Å². The van der Waals surface area contributed by atoms with Crippen LogP contribution < -0.4 is 4.74 Å². The molecule has 4 heteroatoms. The van der Waals surface area contributed by atoms with Crippen molar-refractivity contribution in [3.05, 3.63) is 29.8 Å². The summed E-state index contributed by atoms with van der Waals surface area (Å²) in [6, 6.07) is 7.79. The van der Waals surface area contributed by atoms with Gasteiger partial charge in [-0.2, -0.15) is 12.6 Å². The number of amides is 1. The number of likely N-dealkylation sites (tertiary alicyclic amines) is 1. The summed E-state index contributed by atoms with van der Waals surface area (Å²) in [4.78, 5) is 13.4. The summed E-state index contributed by atoms with van der Waals surface area (Å²) < 4.78 is 5.08. The summed E-state index contributed by atoms with van der Waals surface area (Å²) in [5, 5.41) is 0.186. The summed E-state index contributed by atoms with van der Waals surface area (Å²) in [5.41, 5.74) is 1.12. The summed E-state index contributed by atoms with van der Waals surface area (Å²) in [5.74, 6) is 1.03. The maximum atomic E-state index is 11.6. The van der Waals surface area contributed by atoms with Crippen molar-refractivity contribution in [1.29, 1.82) is 0 Å². The Kier molecular flexibility index (Phi) is 3.39. The highest BCUT2D eigenvalue weighted by Gasteiger charge is 2.26. The van der Waals surface area contributed by atoms with Crippen molar-refractivity contribution in [3.8, 4) is 5.75 Å². The maximum absolute atomic E-state index is 11.6. The molecule has 1 amide bonds. The van der Waals surface area contributed by atoms with Gasteiger partial charge in [-0.25, -0.2) is 0 Å². The topological polar surface area (TPSA) is 29.5 Å². The molecule has 1 fully saturated rings. The summed E-state index contributed by atoms with van der Waals surface area (Å²) in [6.07, 6.45) is 0.555. The average molecular weight is 237 g/mol. The lowest BCUT2D eigenvalue weighted by Crippen LogP contribution is -2.24. The first-order valence-corrected chi connectivity index (χ1v) is 5.79. The van der Waals surface area contributed by atoms with Gasteiger partial charge in [0.1, 0.15) is 5.75 Å². The SMILES string of the molecule is COc1ccc(CN2CC(S)CC2=O)cc1. The molecule has 1 aliphatic heterocycles. The lowest BCUT2D eigenvalue weighted by Gasteiger charge is -2.15. The molecular formula is C12H15NO2S. The molecule has 86 valence electrons. The molecule has 0 aliphatic carbocycles. The molecule has 0 bridgehead atoms. The van der Waals surface area contributed by atoms with Crippen molar-refractivity contribution in [1.82, 2.24) is 4.90 Å². The Balaban J connectivity index is 2.01. The van der Waals surface area contributed by atoms with Gasteiger partial charge >= 0.3 is 0 Å². The van der Waals surface area contributed by atoms with Gasteiger partial charge in [-0.3, -0.25) is 4.79 Å². The number of methoxy groups -OCH3 is 1. The zero-order valence-corrected chi connectivity index (χ0v) is 10.1. The van der Waals surface area contributed by atoms with Gasteiger partial charge in [-0.05, 0) is 17.7 Å². The van der Waals surface area contributed by atoms with E-state index in [0.29, 0.717) is 13.0 Å². The monoisotopic (exact) mass is 237 g/mol. The number of benzene rings is 1. The number of thiol groups is 1. The second kappa shape index (κ2) is 4.78. The third-order valence-corrected chi connectivity index (χ3v) is 3.07. The van der Waals surface area contributed by atoms with Crippen LogP contribution in [0, 0.1) is 0 Å². The van der Waals surface area contributed by atoms with E-state index in [1.807, 2.05) is 29.2 Å². The number of carbonyl (C=O) groups is 1. The van der Waals surface area contributed by atoms with Crippen LogP contribution >= 0.6 is 12.6 Å². The second-order valence-electron chi connectivity index (χ2n) is 3.98. The molecule has 1 aliphatic rings. The van der Waals surface area contributed by atoms with Crippen LogP contribution in [0.3, 0.4) is 0 Å². The van der Waals surface area contributed by atoms with Crippen LogP contribution in [0.4, 0.5) is 0 Å². The fraction of sp³-hybridized carbons (Fsp3) is 0.417. The zero-order valence-electron chi connectivity index (χ0n) is 9.22. The van der Waals surface area contributed by atoms with Crippen LogP contribution in [0.25, 0.3) is 0 Å². The van der Waals surface area contributed by atoms with Gasteiger partial charge in [-0.1, -0.05) is 12.1 Å². The van der Waals surface area contributed by atoms with Crippen molar-refractivity contribution in [3.63, 3.8) is 0 Å². The molecule has 0 spiro atoms. The number of rotatable bonds is 3. The van der Waals surface area contributed by atoms with E-state index in [-0.39, 0.29) is 11.2 Å². The Bertz CT molecular complexity index is 377. The Hall–Kier alpha value is -1.16. The molecule has 16 heavy (non-hydrogen) atoms. The molecule has 0 saturated carbocycles. The smallest absolute Gasteiger partial charge is 0.224 e. The number of nitrogens with zero attached hydrogens (tertiary/aromatic N) is 1. The lowest BCUT2D eigenvalue weighted by molar-refractivity contribution is -0.128. The molecule has 1 aromatic carbocycles. The van der Waals surface area contributed by atoms with Crippen molar-refractivity contribution >= 4 is 18.5 Å². The van der Waals surface area contributed by atoms with Gasteiger partial charge in [0.05, 0.1) is 7.11 Å². The molecular weight excluding hydrogens is 222 g/mol. The van der Waals surface area contributed by atoms with Crippen molar-refractivity contribution in [2.75, 3.05) is 13.7 Å². The highest BCUT2D eigenvalue weighted by atomic mass is 32.1. The third kappa shape index (κ3) is 2.50. The third-order valence-electron chi connectivity index (χ3n) is 2.73. The van der Waals surface area contributed by atoms with E-state index in [4.69, 9.17) is 4.74 Å². The minimum atomic E-state index is 0.186. The second-order valence-corrected chi connectivity index (χ2v) is 4.71. The predicted molar refractivity (Wildman–Crippen MR) is 65.8 cm³/mol. The van der Waals surface area contributed by atoms with Crippen LogP contribution in [-0.4, -0.2) is 29.7 Å².